The molecule has 126 valence electrons. The highest BCUT2D eigenvalue weighted by Gasteiger charge is 2.23. The summed E-state index contributed by atoms with van der Waals surface area (Å²) in [5.74, 6) is 0.689. The van der Waals surface area contributed by atoms with E-state index in [1.807, 2.05) is 0 Å². The van der Waals surface area contributed by atoms with E-state index < -0.39 is 0 Å². The van der Waals surface area contributed by atoms with E-state index in [2.05, 4.69) is 42.9 Å². The maximum absolute atomic E-state index is 12.5. The predicted octanol–water partition coefficient (Wildman–Crippen LogP) is 3.13. The number of aromatic nitrogens is 2. The summed E-state index contributed by atoms with van der Waals surface area (Å²) in [5.41, 5.74) is 2.73. The van der Waals surface area contributed by atoms with Gasteiger partial charge in [-0.1, -0.05) is 0 Å². The van der Waals surface area contributed by atoms with Gasteiger partial charge in [0.05, 0.1) is 20.8 Å². The summed E-state index contributed by atoms with van der Waals surface area (Å²) in [6.07, 6.45) is 4.00. The normalized spacial score (nSPS) is 18.3. The molecule has 0 fully saturated rings. The molecule has 0 unspecified atom stereocenters. The Labute approximate surface area is 153 Å². The summed E-state index contributed by atoms with van der Waals surface area (Å²) >= 11 is 5.25. The van der Waals surface area contributed by atoms with Crippen LogP contribution in [-0.2, 0) is 19.5 Å². The second-order valence-corrected chi connectivity index (χ2v) is 8.84. The van der Waals surface area contributed by atoms with Crippen molar-refractivity contribution in [3.05, 3.63) is 48.2 Å². The van der Waals surface area contributed by atoms with Crippen molar-refractivity contribution in [2.24, 2.45) is 4.99 Å². The Morgan fingerprint density at radius 3 is 2.96 bits per heavy atom. The van der Waals surface area contributed by atoms with Crippen molar-refractivity contribution in [2.45, 2.75) is 38.8 Å². The molecule has 24 heavy (non-hydrogen) atoms. The van der Waals surface area contributed by atoms with Gasteiger partial charge in [-0.25, -0.2) is 4.98 Å². The number of halogens is 1. The predicted molar refractivity (Wildman–Crippen MR) is 99.9 cm³/mol. The van der Waals surface area contributed by atoms with Gasteiger partial charge in [0.25, 0.3) is 5.56 Å². The van der Waals surface area contributed by atoms with Crippen molar-refractivity contribution in [1.29, 1.82) is 0 Å². The van der Waals surface area contributed by atoms with Gasteiger partial charge in [-0.05, 0) is 47.3 Å². The minimum absolute atomic E-state index is 0.000309. The molecule has 2 aliphatic heterocycles. The smallest absolute Gasteiger partial charge is 0.255 e. The van der Waals surface area contributed by atoms with Gasteiger partial charge < -0.3 is 4.98 Å². The number of aromatic amines is 1. The molecule has 4 rings (SSSR count). The van der Waals surface area contributed by atoms with Crippen LogP contribution in [0.2, 0.25) is 0 Å². The number of thiophene rings is 1. The average molecular weight is 407 g/mol. The van der Waals surface area contributed by atoms with E-state index in [1.165, 1.54) is 4.88 Å². The van der Waals surface area contributed by atoms with E-state index >= 15 is 0 Å². The number of nitrogens with zero attached hydrogens (tertiary/aromatic N) is 3. The Morgan fingerprint density at radius 2 is 2.21 bits per heavy atom. The van der Waals surface area contributed by atoms with Gasteiger partial charge in [0.15, 0.2) is 5.82 Å². The molecule has 0 bridgehead atoms. The second kappa shape index (κ2) is 6.90. The first-order chi connectivity index (χ1) is 11.7. The van der Waals surface area contributed by atoms with Crippen LogP contribution in [0.5, 0.6) is 0 Å². The van der Waals surface area contributed by atoms with Crippen molar-refractivity contribution < 1.29 is 0 Å². The van der Waals surface area contributed by atoms with Gasteiger partial charge in [-0.2, -0.15) is 0 Å². The lowest BCUT2D eigenvalue weighted by atomic mass is 10.1. The molecular weight excluding hydrogens is 388 g/mol. The fourth-order valence-electron chi connectivity index (χ4n) is 3.30. The summed E-state index contributed by atoms with van der Waals surface area (Å²) in [6, 6.07) is 4.21. The van der Waals surface area contributed by atoms with E-state index in [0.717, 1.165) is 66.1 Å². The third-order valence-corrected chi connectivity index (χ3v) is 6.16. The van der Waals surface area contributed by atoms with Crippen molar-refractivity contribution in [2.75, 3.05) is 13.1 Å². The van der Waals surface area contributed by atoms with Crippen LogP contribution in [0.1, 0.15) is 41.2 Å². The van der Waals surface area contributed by atoms with Gasteiger partial charge in [0.2, 0.25) is 0 Å². The number of hydrogen-bond donors (Lipinski definition) is 1. The number of fused-ring (bicyclic) bond motifs is 1. The number of H-pyrrole nitrogens is 1. The summed E-state index contributed by atoms with van der Waals surface area (Å²) in [7, 11) is 0. The molecular formula is C17H19BrN4OS. The van der Waals surface area contributed by atoms with E-state index in [4.69, 9.17) is 4.98 Å². The highest BCUT2D eigenvalue weighted by molar-refractivity contribution is 9.11. The maximum Gasteiger partial charge on any atom is 0.255 e. The molecule has 0 radical (unpaired) electrons. The zero-order chi connectivity index (χ0) is 16.5. The van der Waals surface area contributed by atoms with Gasteiger partial charge in [0.1, 0.15) is 0 Å². The fourth-order valence-corrected chi connectivity index (χ4v) is 4.83. The molecule has 0 saturated carbocycles. The van der Waals surface area contributed by atoms with Crippen molar-refractivity contribution in [3.8, 4) is 0 Å². The molecule has 7 heteroatoms. The molecule has 5 nitrogen and oxygen atoms in total. The minimum Gasteiger partial charge on any atom is -0.305 e. The molecule has 2 aromatic heterocycles. The highest BCUT2D eigenvalue weighted by atomic mass is 79.9. The molecule has 0 saturated heterocycles. The van der Waals surface area contributed by atoms with Crippen LogP contribution in [0, 0.1) is 0 Å². The van der Waals surface area contributed by atoms with Gasteiger partial charge in [-0.15, -0.1) is 11.3 Å². The monoisotopic (exact) mass is 406 g/mol. The lowest BCUT2D eigenvalue weighted by molar-refractivity contribution is 0.244. The quantitative estimate of drug-likeness (QED) is 0.851. The molecule has 0 amide bonds. The van der Waals surface area contributed by atoms with Gasteiger partial charge in [-0.3, -0.25) is 14.7 Å². The molecule has 0 spiro atoms. The zero-order valence-corrected chi connectivity index (χ0v) is 15.8. The lowest BCUT2D eigenvalue weighted by Gasteiger charge is -2.27. The third kappa shape index (κ3) is 3.38. The number of aliphatic imine (C=N–C) groups is 1. The minimum atomic E-state index is 0.000309. The molecule has 0 aliphatic carbocycles. The summed E-state index contributed by atoms with van der Waals surface area (Å²) < 4.78 is 1.15. The molecule has 2 aliphatic rings. The Balaban J connectivity index is 1.56. The zero-order valence-electron chi connectivity index (χ0n) is 13.3. The largest absolute Gasteiger partial charge is 0.305 e. The topological polar surface area (TPSA) is 61.4 Å². The Morgan fingerprint density at radius 1 is 1.29 bits per heavy atom. The van der Waals surface area contributed by atoms with E-state index in [1.54, 1.807) is 11.3 Å². The lowest BCUT2D eigenvalue weighted by Crippen LogP contribution is -2.36. The Bertz CT molecular complexity index is 841. The number of nitrogens with one attached hydrogen (secondary N) is 1. The number of rotatable bonds is 3. The Kier molecular flexibility index (Phi) is 4.65. The summed E-state index contributed by atoms with van der Waals surface area (Å²) in [4.78, 5) is 28.4. The van der Waals surface area contributed by atoms with Crippen LogP contribution in [0.3, 0.4) is 0 Å². The summed E-state index contributed by atoms with van der Waals surface area (Å²) in [6.45, 7) is 3.33. The van der Waals surface area contributed by atoms with Gasteiger partial charge in [0, 0.05) is 37.5 Å². The average Bonchev–Trinajstić information content (AvgIpc) is 3.01. The molecule has 1 N–H and O–H groups in total. The first-order valence-electron chi connectivity index (χ1n) is 8.31. The first kappa shape index (κ1) is 16.2. The standard InChI is InChI=1S/C17H19BrN4OS/c18-15-5-4-11(24-15)9-22-8-6-13-12(10-22)17(23)21-16(20-13)14-3-1-2-7-19-14/h4-5H,1-3,6-10H2,(H,20,21,23). The van der Waals surface area contributed by atoms with Gasteiger partial charge >= 0.3 is 0 Å². The molecule has 0 atom stereocenters. The molecule has 4 heterocycles. The molecule has 0 aromatic carbocycles. The molecule has 2 aromatic rings. The second-order valence-electron chi connectivity index (χ2n) is 6.29. The van der Waals surface area contributed by atoms with Crippen molar-refractivity contribution in [1.82, 2.24) is 14.9 Å². The highest BCUT2D eigenvalue weighted by Crippen LogP contribution is 2.25. The van der Waals surface area contributed by atoms with Crippen LogP contribution in [0.4, 0.5) is 0 Å². The van der Waals surface area contributed by atoms with Crippen LogP contribution in [0.15, 0.2) is 25.7 Å². The SMILES string of the molecule is O=c1[nH]c(C2=NCCCC2)nc2c1CN(Cc1ccc(Br)s1)CC2. The van der Waals surface area contributed by atoms with Crippen molar-refractivity contribution in [3.63, 3.8) is 0 Å². The van der Waals surface area contributed by atoms with Crippen LogP contribution >= 0.6 is 27.3 Å². The van der Waals surface area contributed by atoms with Crippen LogP contribution in [-0.4, -0.2) is 33.7 Å². The first-order valence-corrected chi connectivity index (χ1v) is 9.92. The van der Waals surface area contributed by atoms with Crippen molar-refractivity contribution >= 4 is 33.0 Å². The fraction of sp³-hybridized carbons (Fsp3) is 0.471. The summed E-state index contributed by atoms with van der Waals surface area (Å²) in [5, 5.41) is 0. The van der Waals surface area contributed by atoms with E-state index in [-0.39, 0.29) is 5.56 Å². The van der Waals surface area contributed by atoms with Crippen LogP contribution in [0.25, 0.3) is 0 Å². The Hall–Kier alpha value is -1.31. The maximum atomic E-state index is 12.5. The third-order valence-electron chi connectivity index (χ3n) is 4.55. The van der Waals surface area contributed by atoms with E-state index in [0.29, 0.717) is 12.4 Å². The van der Waals surface area contributed by atoms with E-state index in [9.17, 15) is 4.79 Å². The number of hydrogen-bond acceptors (Lipinski definition) is 5. The van der Waals surface area contributed by atoms with Crippen LogP contribution < -0.4 is 5.56 Å².